The second-order valence-corrected chi connectivity index (χ2v) is 8.30. The number of methoxy groups -OCH3 is 2. The first-order valence-electron chi connectivity index (χ1n) is 11.2. The number of amides is 3. The highest BCUT2D eigenvalue weighted by Gasteiger charge is 2.38. The van der Waals surface area contributed by atoms with Gasteiger partial charge in [0.1, 0.15) is 0 Å². The third-order valence-corrected chi connectivity index (χ3v) is 6.38. The Morgan fingerprint density at radius 2 is 1.58 bits per heavy atom. The summed E-state index contributed by atoms with van der Waals surface area (Å²) in [6, 6.07) is 14.8. The molecule has 2 heterocycles. The zero-order valence-electron chi connectivity index (χ0n) is 19.0. The van der Waals surface area contributed by atoms with Crippen LogP contribution in [0.2, 0.25) is 0 Å². The lowest BCUT2D eigenvalue weighted by molar-refractivity contribution is -0.158. The minimum absolute atomic E-state index is 0.0326. The lowest BCUT2D eigenvalue weighted by Crippen LogP contribution is -2.59. The van der Waals surface area contributed by atoms with Gasteiger partial charge in [0, 0.05) is 44.3 Å². The van der Waals surface area contributed by atoms with E-state index in [1.54, 1.807) is 40.0 Å². The summed E-state index contributed by atoms with van der Waals surface area (Å²) in [6.45, 7) is 2.54. The van der Waals surface area contributed by atoms with Crippen molar-refractivity contribution in [2.24, 2.45) is 0 Å². The van der Waals surface area contributed by atoms with Crippen molar-refractivity contribution in [2.45, 2.75) is 25.4 Å². The van der Waals surface area contributed by atoms with Crippen LogP contribution in [0.1, 0.15) is 28.8 Å². The maximum atomic E-state index is 13.0. The van der Waals surface area contributed by atoms with Crippen LogP contribution >= 0.6 is 0 Å². The van der Waals surface area contributed by atoms with Crippen molar-refractivity contribution in [3.63, 3.8) is 0 Å². The second kappa shape index (κ2) is 9.94. The molecule has 0 radical (unpaired) electrons. The van der Waals surface area contributed by atoms with E-state index in [1.165, 1.54) is 7.11 Å². The van der Waals surface area contributed by atoms with Crippen molar-refractivity contribution < 1.29 is 23.9 Å². The van der Waals surface area contributed by atoms with Gasteiger partial charge in [-0.2, -0.15) is 0 Å². The van der Waals surface area contributed by atoms with Crippen molar-refractivity contribution >= 4 is 17.7 Å². The van der Waals surface area contributed by atoms with Gasteiger partial charge in [0.2, 0.25) is 0 Å². The highest BCUT2D eigenvalue weighted by atomic mass is 16.5. The molecule has 3 amide bonds. The summed E-state index contributed by atoms with van der Waals surface area (Å²) in [5.41, 5.74) is 1.54. The van der Waals surface area contributed by atoms with Gasteiger partial charge in [0.15, 0.2) is 11.5 Å². The van der Waals surface area contributed by atoms with Crippen molar-refractivity contribution in [3.05, 3.63) is 59.7 Å². The summed E-state index contributed by atoms with van der Waals surface area (Å²) < 4.78 is 10.5. The zero-order valence-corrected chi connectivity index (χ0v) is 19.0. The molecule has 33 heavy (non-hydrogen) atoms. The molecule has 2 aromatic carbocycles. The fourth-order valence-electron chi connectivity index (χ4n) is 4.53. The number of carbonyl (C=O) groups is 3. The molecule has 0 bridgehead atoms. The molecular weight excluding hydrogens is 422 g/mol. The molecule has 174 valence electrons. The number of piperidine rings is 1. The van der Waals surface area contributed by atoms with Crippen LogP contribution in [-0.4, -0.2) is 78.9 Å². The highest BCUT2D eigenvalue weighted by Crippen LogP contribution is 2.29. The lowest BCUT2D eigenvalue weighted by Gasteiger charge is -2.42. The Morgan fingerprint density at radius 1 is 0.879 bits per heavy atom. The Labute approximate surface area is 193 Å². The van der Waals surface area contributed by atoms with Gasteiger partial charge >= 0.3 is 11.8 Å². The standard InChI is InChI=1S/C25H29N3O5/c1-32-21-9-8-19(16-22(21)33-2)23(29)26-12-10-20(11-13-26)28-15-14-27(24(30)25(28)31)17-18-6-4-3-5-7-18/h3-9,16,20H,10-15,17H2,1-2H3. The molecule has 2 fully saturated rings. The van der Waals surface area contributed by atoms with E-state index in [0.717, 1.165) is 5.56 Å². The van der Waals surface area contributed by atoms with Gasteiger partial charge in [0.25, 0.3) is 5.91 Å². The van der Waals surface area contributed by atoms with Crippen LogP contribution in [0.4, 0.5) is 0 Å². The SMILES string of the molecule is COc1ccc(C(=O)N2CCC(N3CCN(Cc4ccccc4)C(=O)C3=O)CC2)cc1OC. The first kappa shape index (κ1) is 22.6. The van der Waals surface area contributed by atoms with Gasteiger partial charge in [-0.1, -0.05) is 30.3 Å². The number of hydrogen-bond donors (Lipinski definition) is 0. The summed E-state index contributed by atoms with van der Waals surface area (Å²) in [7, 11) is 3.09. The van der Waals surface area contributed by atoms with E-state index in [9.17, 15) is 14.4 Å². The van der Waals surface area contributed by atoms with Gasteiger partial charge in [-0.25, -0.2) is 0 Å². The third kappa shape index (κ3) is 4.79. The van der Waals surface area contributed by atoms with Crippen LogP contribution in [0.5, 0.6) is 11.5 Å². The van der Waals surface area contributed by atoms with Crippen molar-refractivity contribution in [1.82, 2.24) is 14.7 Å². The Bertz CT molecular complexity index is 1020. The second-order valence-electron chi connectivity index (χ2n) is 8.30. The summed E-state index contributed by atoms with van der Waals surface area (Å²) >= 11 is 0. The van der Waals surface area contributed by atoms with E-state index in [1.807, 2.05) is 30.3 Å². The molecule has 0 atom stereocenters. The minimum atomic E-state index is -0.450. The molecule has 0 aliphatic carbocycles. The van der Waals surface area contributed by atoms with E-state index in [0.29, 0.717) is 62.6 Å². The number of piperazine rings is 1. The first-order chi connectivity index (χ1) is 16.0. The molecule has 2 aromatic rings. The predicted octanol–water partition coefficient (Wildman–Crippen LogP) is 2.18. The molecule has 0 unspecified atom stereocenters. The summed E-state index contributed by atoms with van der Waals surface area (Å²) in [5, 5.41) is 0. The van der Waals surface area contributed by atoms with E-state index >= 15 is 0 Å². The molecule has 0 spiro atoms. The lowest BCUT2D eigenvalue weighted by atomic mass is 10.0. The van der Waals surface area contributed by atoms with Crippen LogP contribution in [0.15, 0.2) is 48.5 Å². The average Bonchev–Trinajstić information content (AvgIpc) is 2.87. The van der Waals surface area contributed by atoms with Gasteiger partial charge in [-0.05, 0) is 36.6 Å². The Hall–Kier alpha value is -3.55. The Morgan fingerprint density at radius 3 is 2.24 bits per heavy atom. The molecule has 2 aliphatic heterocycles. The van der Waals surface area contributed by atoms with Crippen LogP contribution in [-0.2, 0) is 16.1 Å². The number of benzene rings is 2. The fourth-order valence-corrected chi connectivity index (χ4v) is 4.53. The molecule has 8 nitrogen and oxygen atoms in total. The van der Waals surface area contributed by atoms with Gasteiger partial charge in [0.05, 0.1) is 14.2 Å². The predicted molar refractivity (Wildman–Crippen MR) is 122 cm³/mol. The summed E-state index contributed by atoms with van der Waals surface area (Å²) in [5.74, 6) is 0.110. The van der Waals surface area contributed by atoms with Crippen molar-refractivity contribution in [3.8, 4) is 11.5 Å². The van der Waals surface area contributed by atoms with Crippen LogP contribution in [0.25, 0.3) is 0 Å². The summed E-state index contributed by atoms with van der Waals surface area (Å²) in [4.78, 5) is 43.6. The average molecular weight is 452 g/mol. The summed E-state index contributed by atoms with van der Waals surface area (Å²) in [6.07, 6.45) is 1.30. The van der Waals surface area contributed by atoms with Crippen LogP contribution < -0.4 is 9.47 Å². The Kier molecular flexibility index (Phi) is 6.82. The highest BCUT2D eigenvalue weighted by molar-refractivity contribution is 6.35. The number of ether oxygens (including phenoxy) is 2. The van der Waals surface area contributed by atoms with Crippen molar-refractivity contribution in [2.75, 3.05) is 40.4 Å². The van der Waals surface area contributed by atoms with Crippen molar-refractivity contribution in [1.29, 1.82) is 0 Å². The maximum Gasteiger partial charge on any atom is 0.312 e. The third-order valence-electron chi connectivity index (χ3n) is 6.38. The van der Waals surface area contributed by atoms with Gasteiger partial charge < -0.3 is 24.2 Å². The van der Waals surface area contributed by atoms with E-state index in [4.69, 9.17) is 9.47 Å². The van der Waals surface area contributed by atoms with E-state index in [2.05, 4.69) is 0 Å². The monoisotopic (exact) mass is 451 g/mol. The molecule has 2 saturated heterocycles. The van der Waals surface area contributed by atoms with E-state index < -0.39 is 11.8 Å². The topological polar surface area (TPSA) is 79.4 Å². The molecule has 0 aromatic heterocycles. The number of nitrogens with zero attached hydrogens (tertiary/aromatic N) is 3. The molecular formula is C25H29N3O5. The Balaban J connectivity index is 1.34. The molecule has 0 saturated carbocycles. The van der Waals surface area contributed by atoms with Gasteiger partial charge in [-0.3, -0.25) is 14.4 Å². The molecule has 0 N–H and O–H groups in total. The normalized spacial score (nSPS) is 17.3. The molecule has 8 heteroatoms. The number of hydrogen-bond acceptors (Lipinski definition) is 5. The first-order valence-corrected chi connectivity index (χ1v) is 11.2. The van der Waals surface area contributed by atoms with Crippen LogP contribution in [0.3, 0.4) is 0 Å². The van der Waals surface area contributed by atoms with E-state index in [-0.39, 0.29) is 11.9 Å². The zero-order chi connectivity index (χ0) is 23.4. The quantitative estimate of drug-likeness (QED) is 0.629. The van der Waals surface area contributed by atoms with Gasteiger partial charge in [-0.15, -0.1) is 0 Å². The number of rotatable bonds is 6. The molecule has 4 rings (SSSR count). The fraction of sp³-hybridized carbons (Fsp3) is 0.400. The smallest absolute Gasteiger partial charge is 0.312 e. The number of carbonyl (C=O) groups excluding carboxylic acids is 3. The number of likely N-dealkylation sites (tertiary alicyclic amines) is 1. The molecule has 2 aliphatic rings. The largest absolute Gasteiger partial charge is 0.493 e. The van der Waals surface area contributed by atoms with Crippen LogP contribution in [0, 0.1) is 0 Å². The maximum absolute atomic E-state index is 13.0. The minimum Gasteiger partial charge on any atom is -0.493 e.